The first-order chi connectivity index (χ1) is 18.4. The molecule has 5 nitrogen and oxygen atoms in total. The SMILES string of the molecule is CC(C)(CC(O)(Cc1cc2cc(OCc3ccccc3)ncc2[nH]1)C(F)(F)F)c1cc(Cl)c2c(c1)OCCC2. The zero-order valence-electron chi connectivity index (χ0n) is 21.7. The van der Waals surface area contributed by atoms with Crippen molar-refractivity contribution < 1.29 is 27.8 Å². The van der Waals surface area contributed by atoms with Gasteiger partial charge in [0.2, 0.25) is 5.88 Å². The lowest BCUT2D eigenvalue weighted by molar-refractivity contribution is -0.266. The molecular formula is C30H30ClF3N2O3. The Kier molecular flexibility index (Phi) is 7.29. The second kappa shape index (κ2) is 10.4. The van der Waals surface area contributed by atoms with Crippen molar-refractivity contribution in [2.75, 3.05) is 6.61 Å². The van der Waals surface area contributed by atoms with Gasteiger partial charge in [0.25, 0.3) is 0 Å². The van der Waals surface area contributed by atoms with Crippen LogP contribution in [0.25, 0.3) is 10.9 Å². The fourth-order valence-electron chi connectivity index (χ4n) is 5.19. The predicted octanol–water partition coefficient (Wildman–Crippen LogP) is 7.32. The molecule has 0 fully saturated rings. The highest BCUT2D eigenvalue weighted by molar-refractivity contribution is 6.31. The van der Waals surface area contributed by atoms with Gasteiger partial charge in [0.05, 0.1) is 18.3 Å². The molecule has 0 radical (unpaired) electrons. The zero-order chi connectivity index (χ0) is 27.8. The standard InChI is InChI=1S/C30H30ClF3N2O3/c1-28(2,21-13-24(31)23-9-6-10-38-26(23)14-21)18-29(37,30(32,33)34)15-22-11-20-12-27(35-16-25(20)36-22)39-17-19-7-4-3-5-8-19/h3-5,7-8,11-14,16,36-37H,6,9-10,15,17-18H2,1-2H3. The molecule has 0 saturated carbocycles. The second-order valence-electron chi connectivity index (χ2n) is 10.8. The van der Waals surface area contributed by atoms with Crippen molar-refractivity contribution in [1.82, 2.24) is 9.97 Å². The van der Waals surface area contributed by atoms with Crippen LogP contribution in [0.15, 0.2) is 60.8 Å². The van der Waals surface area contributed by atoms with Crippen molar-refractivity contribution in [2.45, 2.75) is 63.3 Å². The molecule has 5 rings (SSSR count). The summed E-state index contributed by atoms with van der Waals surface area (Å²) in [5, 5.41) is 12.3. The second-order valence-corrected chi connectivity index (χ2v) is 11.2. The van der Waals surface area contributed by atoms with Crippen molar-refractivity contribution in [1.29, 1.82) is 0 Å². The van der Waals surface area contributed by atoms with Gasteiger partial charge in [-0.15, -0.1) is 0 Å². The molecule has 2 N–H and O–H groups in total. The van der Waals surface area contributed by atoms with E-state index in [1.54, 1.807) is 38.1 Å². The summed E-state index contributed by atoms with van der Waals surface area (Å²) in [6.07, 6.45) is -2.98. The van der Waals surface area contributed by atoms with Gasteiger partial charge in [-0.3, -0.25) is 0 Å². The number of benzene rings is 2. The number of hydrogen-bond acceptors (Lipinski definition) is 4. The van der Waals surface area contributed by atoms with E-state index >= 15 is 0 Å². The molecule has 3 heterocycles. The number of nitrogens with zero attached hydrogens (tertiary/aromatic N) is 1. The summed E-state index contributed by atoms with van der Waals surface area (Å²) in [5.74, 6) is 0.955. The van der Waals surface area contributed by atoms with Crippen LogP contribution in [0.1, 0.15) is 49.1 Å². The summed E-state index contributed by atoms with van der Waals surface area (Å²) in [6.45, 7) is 4.21. The van der Waals surface area contributed by atoms with E-state index < -0.39 is 30.0 Å². The van der Waals surface area contributed by atoms with Gasteiger partial charge in [-0.25, -0.2) is 4.98 Å². The van der Waals surface area contributed by atoms with Crippen LogP contribution >= 0.6 is 11.6 Å². The quantitative estimate of drug-likeness (QED) is 0.238. The summed E-state index contributed by atoms with van der Waals surface area (Å²) in [7, 11) is 0. The summed E-state index contributed by atoms with van der Waals surface area (Å²) < 4.78 is 54.8. The molecule has 1 aliphatic rings. The minimum Gasteiger partial charge on any atom is -0.493 e. The summed E-state index contributed by atoms with van der Waals surface area (Å²) in [4.78, 5) is 7.24. The van der Waals surface area contributed by atoms with E-state index in [0.717, 1.165) is 24.0 Å². The van der Waals surface area contributed by atoms with Gasteiger partial charge >= 0.3 is 6.18 Å². The maximum absolute atomic E-state index is 14.4. The summed E-state index contributed by atoms with van der Waals surface area (Å²) in [6, 6.07) is 16.3. The maximum Gasteiger partial charge on any atom is 0.417 e. The molecule has 206 valence electrons. The van der Waals surface area contributed by atoms with Crippen LogP contribution in [0, 0.1) is 0 Å². The van der Waals surface area contributed by atoms with Crippen molar-refractivity contribution in [3.05, 3.63) is 88.2 Å². The van der Waals surface area contributed by atoms with Crippen LogP contribution in [-0.4, -0.2) is 33.5 Å². The van der Waals surface area contributed by atoms with Crippen LogP contribution in [0.2, 0.25) is 5.02 Å². The number of fused-ring (bicyclic) bond motifs is 2. The van der Waals surface area contributed by atoms with E-state index in [0.29, 0.717) is 46.3 Å². The molecule has 0 bridgehead atoms. The van der Waals surface area contributed by atoms with Crippen molar-refractivity contribution in [3.8, 4) is 11.6 Å². The number of ether oxygens (including phenoxy) is 2. The lowest BCUT2D eigenvalue weighted by atomic mass is 9.73. The molecule has 0 spiro atoms. The minimum atomic E-state index is -4.88. The van der Waals surface area contributed by atoms with Crippen molar-refractivity contribution in [2.24, 2.45) is 0 Å². The molecule has 9 heteroatoms. The third kappa shape index (κ3) is 5.87. The molecule has 0 saturated heterocycles. The highest BCUT2D eigenvalue weighted by Crippen LogP contribution is 2.45. The van der Waals surface area contributed by atoms with Crippen LogP contribution in [-0.2, 0) is 24.9 Å². The van der Waals surface area contributed by atoms with E-state index in [4.69, 9.17) is 21.1 Å². The Morgan fingerprint density at radius 3 is 2.62 bits per heavy atom. The first-order valence-corrected chi connectivity index (χ1v) is 13.2. The van der Waals surface area contributed by atoms with Gasteiger partial charge in [-0.2, -0.15) is 13.2 Å². The Balaban J connectivity index is 1.38. The summed E-state index contributed by atoms with van der Waals surface area (Å²) in [5.41, 5.74) is -0.840. The lowest BCUT2D eigenvalue weighted by Crippen LogP contribution is -2.50. The third-order valence-electron chi connectivity index (χ3n) is 7.28. The Hall–Kier alpha value is -3.23. The van der Waals surface area contributed by atoms with E-state index in [1.165, 1.54) is 6.20 Å². The van der Waals surface area contributed by atoms with Gasteiger partial charge in [0, 0.05) is 34.2 Å². The minimum absolute atomic E-state index is 0.245. The van der Waals surface area contributed by atoms with Crippen molar-refractivity contribution >= 4 is 22.5 Å². The topological polar surface area (TPSA) is 67.4 Å². The number of aromatic nitrogens is 2. The zero-order valence-corrected chi connectivity index (χ0v) is 22.5. The normalized spacial score (nSPS) is 15.5. The predicted molar refractivity (Wildman–Crippen MR) is 144 cm³/mol. The van der Waals surface area contributed by atoms with E-state index in [2.05, 4.69) is 9.97 Å². The van der Waals surface area contributed by atoms with E-state index in [9.17, 15) is 18.3 Å². The lowest BCUT2D eigenvalue weighted by Gasteiger charge is -2.38. The first-order valence-electron chi connectivity index (χ1n) is 12.8. The number of pyridine rings is 1. The molecule has 0 amide bonds. The molecule has 0 aliphatic carbocycles. The van der Waals surface area contributed by atoms with Crippen LogP contribution < -0.4 is 9.47 Å². The molecule has 2 aromatic carbocycles. The van der Waals surface area contributed by atoms with Crippen LogP contribution in [0.3, 0.4) is 0 Å². The number of aromatic amines is 1. The molecule has 39 heavy (non-hydrogen) atoms. The Morgan fingerprint density at radius 1 is 1.10 bits per heavy atom. The number of halogens is 4. The largest absolute Gasteiger partial charge is 0.493 e. The average Bonchev–Trinajstić information content (AvgIpc) is 3.28. The van der Waals surface area contributed by atoms with E-state index in [-0.39, 0.29) is 5.69 Å². The van der Waals surface area contributed by atoms with Gasteiger partial charge in [0.15, 0.2) is 5.60 Å². The summed E-state index contributed by atoms with van der Waals surface area (Å²) >= 11 is 6.47. The molecule has 1 unspecified atom stereocenters. The number of H-pyrrole nitrogens is 1. The fourth-order valence-corrected chi connectivity index (χ4v) is 5.50. The van der Waals surface area contributed by atoms with E-state index in [1.807, 2.05) is 30.3 Å². The maximum atomic E-state index is 14.4. The molecule has 1 atom stereocenters. The monoisotopic (exact) mass is 558 g/mol. The van der Waals surface area contributed by atoms with Gasteiger partial charge in [-0.1, -0.05) is 55.8 Å². The molecule has 2 aromatic heterocycles. The van der Waals surface area contributed by atoms with Crippen molar-refractivity contribution in [3.63, 3.8) is 0 Å². The number of aliphatic hydroxyl groups is 1. The molecule has 4 aromatic rings. The van der Waals surface area contributed by atoms with Gasteiger partial charge in [0.1, 0.15) is 12.4 Å². The number of nitrogens with one attached hydrogen (secondary N) is 1. The number of hydrogen-bond donors (Lipinski definition) is 2. The smallest absolute Gasteiger partial charge is 0.417 e. The Labute approximate surface area is 229 Å². The highest BCUT2D eigenvalue weighted by Gasteiger charge is 2.56. The third-order valence-corrected chi connectivity index (χ3v) is 7.61. The first kappa shape index (κ1) is 27.3. The van der Waals surface area contributed by atoms with Crippen LogP contribution in [0.4, 0.5) is 13.2 Å². The van der Waals surface area contributed by atoms with Gasteiger partial charge < -0.3 is 19.6 Å². The number of rotatable bonds is 8. The molecular weight excluding hydrogens is 529 g/mol. The molecule has 1 aliphatic heterocycles. The average molecular weight is 559 g/mol. The Morgan fingerprint density at radius 2 is 1.87 bits per heavy atom. The highest BCUT2D eigenvalue weighted by atomic mass is 35.5. The van der Waals surface area contributed by atoms with Crippen LogP contribution in [0.5, 0.6) is 11.6 Å². The number of alkyl halides is 3. The van der Waals surface area contributed by atoms with Gasteiger partial charge in [-0.05, 0) is 54.0 Å². The fraction of sp³-hybridized carbons (Fsp3) is 0.367. The Bertz CT molecular complexity index is 1470.